The van der Waals surface area contributed by atoms with Crippen LogP contribution < -0.4 is 21.3 Å². The van der Waals surface area contributed by atoms with Crippen LogP contribution in [0.2, 0.25) is 0 Å². The van der Waals surface area contributed by atoms with Crippen molar-refractivity contribution in [2.24, 2.45) is 0 Å². The fraction of sp³-hybridized carbons (Fsp3) is 0.895. The van der Waals surface area contributed by atoms with Gasteiger partial charge in [0, 0.05) is 19.4 Å². The largest absolute Gasteiger partial charge is 0.444 e. The van der Waals surface area contributed by atoms with Gasteiger partial charge in [0.25, 0.3) is 0 Å². The molecule has 4 aliphatic rings. The maximum Gasteiger partial charge on any atom is 0.408 e. The van der Waals surface area contributed by atoms with E-state index < -0.39 is 114 Å². The average molecular weight is 803 g/mol. The molecule has 0 bridgehead atoms. The van der Waals surface area contributed by atoms with Crippen molar-refractivity contribution in [2.75, 3.05) is 6.54 Å². The minimum absolute atomic E-state index is 0.0510. The molecule has 2 saturated carbocycles. The lowest BCUT2D eigenvalue weighted by molar-refractivity contribution is -0.292. The summed E-state index contributed by atoms with van der Waals surface area (Å²) >= 11 is 0. The van der Waals surface area contributed by atoms with E-state index in [-0.39, 0.29) is 13.0 Å². The molecule has 322 valence electrons. The minimum Gasteiger partial charge on any atom is -0.444 e. The van der Waals surface area contributed by atoms with Crippen molar-refractivity contribution in [2.45, 2.75) is 211 Å². The Bertz CT molecular complexity index is 1380. The van der Waals surface area contributed by atoms with Gasteiger partial charge in [-0.1, -0.05) is 6.42 Å². The molecule has 56 heavy (non-hydrogen) atoms. The van der Waals surface area contributed by atoms with Crippen LogP contribution in [0.4, 0.5) is 19.2 Å². The van der Waals surface area contributed by atoms with Crippen LogP contribution in [0, 0.1) is 0 Å². The number of rotatable bonds is 7. The summed E-state index contributed by atoms with van der Waals surface area (Å²) in [5, 5.41) is 33.7. The van der Waals surface area contributed by atoms with E-state index in [1.165, 1.54) is 0 Å². The number of fused-ring (bicyclic) bond motifs is 1. The highest BCUT2D eigenvalue weighted by Gasteiger charge is 2.60. The molecule has 10 atom stereocenters. The molecule has 1 spiro atoms. The molecule has 2 saturated heterocycles. The molecule has 18 nitrogen and oxygen atoms in total. The van der Waals surface area contributed by atoms with Gasteiger partial charge in [-0.05, 0) is 102 Å². The lowest BCUT2D eigenvalue weighted by atomic mass is 9.83. The number of nitrogens with one attached hydrogen (secondary N) is 4. The third kappa shape index (κ3) is 13.2. The summed E-state index contributed by atoms with van der Waals surface area (Å²) in [5.74, 6) is -1.01. The van der Waals surface area contributed by atoms with E-state index in [1.807, 2.05) is 0 Å². The lowest BCUT2D eigenvalue weighted by Gasteiger charge is -2.47. The fourth-order valence-electron chi connectivity index (χ4n) is 7.16. The zero-order valence-electron chi connectivity index (χ0n) is 35.0. The van der Waals surface area contributed by atoms with Gasteiger partial charge in [0.1, 0.15) is 65.1 Å². The normalized spacial score (nSPS) is 32.0. The van der Waals surface area contributed by atoms with Crippen molar-refractivity contribution in [1.82, 2.24) is 21.3 Å². The maximum atomic E-state index is 13.4. The second-order valence-corrected chi connectivity index (χ2v) is 19.1. The van der Waals surface area contributed by atoms with Crippen molar-refractivity contribution >= 4 is 24.4 Å². The predicted molar refractivity (Wildman–Crippen MR) is 199 cm³/mol. The highest BCUT2D eigenvalue weighted by Crippen LogP contribution is 2.46. The van der Waals surface area contributed by atoms with E-state index in [9.17, 15) is 29.4 Å². The second-order valence-electron chi connectivity index (χ2n) is 19.1. The van der Waals surface area contributed by atoms with Crippen LogP contribution >= 0.6 is 0 Å². The highest BCUT2D eigenvalue weighted by atomic mass is 16.8. The Balaban J connectivity index is 1.72. The number of ether oxygens (including phenoxy) is 8. The summed E-state index contributed by atoms with van der Waals surface area (Å²) in [6.07, 6.45) is -8.32. The molecular weight excluding hydrogens is 736 g/mol. The molecule has 18 heteroatoms. The van der Waals surface area contributed by atoms with Crippen LogP contribution in [-0.2, 0) is 37.9 Å². The SMILES string of the molecule is CC(C)(C)OC(=O)NC[C@H]1O[C@H](O[C@H]2[C@@H]3OC4(CCCCC4)O[C@H]3[C@@H](NC(=O)OC(C)(C)C)C[C@@H]2NC(=O)OC(C)(C)C)[C@H](NC(=O)OC(C)(C)C)[C@@H](O)[C@@H]1O. The highest BCUT2D eigenvalue weighted by molar-refractivity contribution is 5.70. The molecule has 0 radical (unpaired) electrons. The van der Waals surface area contributed by atoms with Crippen molar-refractivity contribution in [3.05, 3.63) is 0 Å². The van der Waals surface area contributed by atoms with Crippen LogP contribution in [0.25, 0.3) is 0 Å². The zero-order chi connectivity index (χ0) is 42.0. The standard InChI is InChI=1S/C38H66N4O14/c1-34(2,3)53-30(45)39-19-22-24(43)25(44)23(42-33(48)56-37(10,11)12)29(49-22)50-26-20(40-31(46)54-35(4,5)6)18-21(41-32(47)55-36(7,8)9)27-28(26)52-38(51-27)16-14-13-15-17-38/h20-29,43-44H,13-19H2,1-12H3,(H,39,45)(H,40,46)(H,41,47)(H,42,48)/t20-,21-,22+,23+,24+,25+,26+,27-,28-,29+/m0/s1. The molecule has 0 aromatic heterocycles. The van der Waals surface area contributed by atoms with Crippen LogP contribution in [0.3, 0.4) is 0 Å². The van der Waals surface area contributed by atoms with E-state index >= 15 is 0 Å². The molecule has 4 amide bonds. The Labute approximate surface area is 330 Å². The van der Waals surface area contributed by atoms with Crippen LogP contribution in [-0.4, -0.2) is 130 Å². The first-order chi connectivity index (χ1) is 25.6. The van der Waals surface area contributed by atoms with Gasteiger partial charge in [-0.25, -0.2) is 19.2 Å². The first kappa shape index (κ1) is 45.5. The van der Waals surface area contributed by atoms with Crippen molar-refractivity contribution in [3.63, 3.8) is 0 Å². The quantitative estimate of drug-likeness (QED) is 0.201. The topological polar surface area (TPSA) is 231 Å². The molecule has 2 aliphatic heterocycles. The molecule has 2 heterocycles. The minimum atomic E-state index is -1.70. The monoisotopic (exact) mass is 802 g/mol. The number of hydrogen-bond acceptors (Lipinski definition) is 14. The number of aliphatic hydroxyl groups excluding tert-OH is 2. The van der Waals surface area contributed by atoms with Crippen LogP contribution in [0.1, 0.15) is 122 Å². The third-order valence-electron chi connectivity index (χ3n) is 9.19. The molecule has 6 N–H and O–H groups in total. The van der Waals surface area contributed by atoms with E-state index in [4.69, 9.17) is 37.9 Å². The van der Waals surface area contributed by atoms with E-state index in [1.54, 1.807) is 83.1 Å². The van der Waals surface area contributed by atoms with Gasteiger partial charge in [0.15, 0.2) is 12.1 Å². The van der Waals surface area contributed by atoms with Crippen molar-refractivity contribution < 1.29 is 67.3 Å². The Morgan fingerprint density at radius 1 is 0.625 bits per heavy atom. The van der Waals surface area contributed by atoms with Gasteiger partial charge >= 0.3 is 24.4 Å². The number of carbonyl (C=O) groups is 4. The Hall–Kier alpha value is -3.16. The molecule has 0 unspecified atom stereocenters. The van der Waals surface area contributed by atoms with Crippen LogP contribution in [0.5, 0.6) is 0 Å². The van der Waals surface area contributed by atoms with E-state index in [0.717, 1.165) is 19.3 Å². The van der Waals surface area contributed by atoms with E-state index in [0.29, 0.717) is 12.8 Å². The number of hydrogen-bond donors (Lipinski definition) is 6. The first-order valence-electron chi connectivity index (χ1n) is 19.6. The molecule has 2 aliphatic carbocycles. The lowest BCUT2D eigenvalue weighted by Crippen LogP contribution is -2.69. The first-order valence-corrected chi connectivity index (χ1v) is 19.6. The predicted octanol–water partition coefficient (Wildman–Crippen LogP) is 3.87. The van der Waals surface area contributed by atoms with Crippen LogP contribution in [0.15, 0.2) is 0 Å². The Morgan fingerprint density at radius 2 is 1.09 bits per heavy atom. The third-order valence-corrected chi connectivity index (χ3v) is 9.19. The van der Waals surface area contributed by atoms with E-state index in [2.05, 4.69) is 21.3 Å². The van der Waals surface area contributed by atoms with Crippen molar-refractivity contribution in [3.8, 4) is 0 Å². The maximum absolute atomic E-state index is 13.4. The van der Waals surface area contributed by atoms with Gasteiger partial charge in [0.2, 0.25) is 0 Å². The van der Waals surface area contributed by atoms with Gasteiger partial charge in [-0.3, -0.25) is 0 Å². The fourth-order valence-corrected chi connectivity index (χ4v) is 7.16. The van der Waals surface area contributed by atoms with Crippen molar-refractivity contribution in [1.29, 1.82) is 0 Å². The molecule has 4 fully saturated rings. The summed E-state index contributed by atoms with van der Waals surface area (Å²) in [6, 6.07) is -3.11. The molecule has 0 aromatic carbocycles. The summed E-state index contributed by atoms with van der Waals surface area (Å²) in [6.45, 7) is 20.1. The number of carbonyl (C=O) groups excluding carboxylic acids is 4. The summed E-state index contributed by atoms with van der Waals surface area (Å²) < 4.78 is 48.5. The summed E-state index contributed by atoms with van der Waals surface area (Å²) in [5.41, 5.74) is -3.40. The number of amides is 4. The number of alkyl carbamates (subject to hydrolysis) is 4. The van der Waals surface area contributed by atoms with Gasteiger partial charge < -0.3 is 69.4 Å². The summed E-state index contributed by atoms with van der Waals surface area (Å²) in [4.78, 5) is 52.3. The summed E-state index contributed by atoms with van der Waals surface area (Å²) in [7, 11) is 0. The second kappa shape index (κ2) is 17.4. The Kier molecular flexibility index (Phi) is 14.1. The Morgan fingerprint density at radius 3 is 1.61 bits per heavy atom. The molecule has 4 rings (SSSR count). The van der Waals surface area contributed by atoms with Gasteiger partial charge in [-0.15, -0.1) is 0 Å². The smallest absolute Gasteiger partial charge is 0.408 e. The van der Waals surface area contributed by atoms with Gasteiger partial charge in [0.05, 0.1) is 12.1 Å². The molecular formula is C38H66N4O14. The van der Waals surface area contributed by atoms with Gasteiger partial charge in [-0.2, -0.15) is 0 Å². The zero-order valence-corrected chi connectivity index (χ0v) is 35.0. The number of aliphatic hydroxyl groups is 2. The molecule has 0 aromatic rings. The average Bonchev–Trinajstić information content (AvgIpc) is 3.37.